The summed E-state index contributed by atoms with van der Waals surface area (Å²) in [7, 11) is 0. The molecular formula is C20H19N3O5. The molecule has 1 N–H and O–H groups in total. The number of hydrogen-bond acceptors (Lipinski definition) is 7. The van der Waals surface area contributed by atoms with E-state index in [0.717, 1.165) is 16.7 Å². The van der Waals surface area contributed by atoms with Gasteiger partial charge in [-0.25, -0.2) is 4.79 Å². The zero-order valence-corrected chi connectivity index (χ0v) is 15.5. The molecule has 0 saturated carbocycles. The number of nitrogens with zero attached hydrogens (tertiary/aromatic N) is 2. The van der Waals surface area contributed by atoms with E-state index in [1.807, 2.05) is 50.2 Å². The van der Waals surface area contributed by atoms with Crippen molar-refractivity contribution in [3.8, 4) is 17.2 Å². The first-order valence-electron chi connectivity index (χ1n) is 8.55. The van der Waals surface area contributed by atoms with Gasteiger partial charge in [-0.1, -0.05) is 29.4 Å². The fourth-order valence-electron chi connectivity index (χ4n) is 2.47. The van der Waals surface area contributed by atoms with Gasteiger partial charge < -0.3 is 13.9 Å². The van der Waals surface area contributed by atoms with Crippen LogP contribution in [0.5, 0.6) is 5.75 Å². The summed E-state index contributed by atoms with van der Waals surface area (Å²) in [4.78, 5) is 23.6. The smallest absolute Gasteiger partial charge is 0.344 e. The van der Waals surface area contributed by atoms with Gasteiger partial charge in [-0.2, -0.15) is 0 Å². The minimum atomic E-state index is -0.662. The van der Waals surface area contributed by atoms with Crippen molar-refractivity contribution >= 4 is 17.9 Å². The Labute approximate surface area is 161 Å². The predicted octanol–water partition coefficient (Wildman–Crippen LogP) is 2.91. The quantitative estimate of drug-likeness (QED) is 0.628. The summed E-state index contributed by atoms with van der Waals surface area (Å²) in [5.41, 5.74) is 2.78. The van der Waals surface area contributed by atoms with Crippen molar-refractivity contribution in [3.05, 3.63) is 59.7 Å². The summed E-state index contributed by atoms with van der Waals surface area (Å²) in [5.74, 6) is -0.416. The summed E-state index contributed by atoms with van der Waals surface area (Å²) in [6.07, 6.45) is 0. The van der Waals surface area contributed by atoms with Crippen molar-refractivity contribution in [2.45, 2.75) is 13.8 Å². The summed E-state index contributed by atoms with van der Waals surface area (Å²) in [5, 5.41) is 9.97. The molecule has 0 aliphatic heterocycles. The van der Waals surface area contributed by atoms with Crippen LogP contribution >= 0.6 is 0 Å². The summed E-state index contributed by atoms with van der Waals surface area (Å²) in [6, 6.07) is 14.7. The topological polar surface area (TPSA) is 104 Å². The van der Waals surface area contributed by atoms with Gasteiger partial charge >= 0.3 is 12.0 Å². The Kier molecular flexibility index (Phi) is 6.01. The number of ether oxygens (including phenoxy) is 2. The second kappa shape index (κ2) is 8.81. The maximum absolute atomic E-state index is 11.9. The number of nitrogens with one attached hydrogen (secondary N) is 1. The van der Waals surface area contributed by atoms with E-state index in [-0.39, 0.29) is 18.5 Å². The molecular weight excluding hydrogens is 362 g/mol. The number of anilines is 1. The Balaban J connectivity index is 1.44. The molecule has 0 bridgehead atoms. The normalized spacial score (nSPS) is 10.4. The molecule has 8 heteroatoms. The number of rotatable bonds is 7. The van der Waals surface area contributed by atoms with Crippen LogP contribution in [0.3, 0.4) is 0 Å². The molecule has 0 radical (unpaired) electrons. The number of aryl methyl sites for hydroxylation is 2. The van der Waals surface area contributed by atoms with E-state index in [1.54, 1.807) is 12.1 Å². The van der Waals surface area contributed by atoms with E-state index in [2.05, 4.69) is 15.5 Å². The predicted molar refractivity (Wildman–Crippen MR) is 101 cm³/mol. The highest BCUT2D eigenvalue weighted by Crippen LogP contribution is 2.19. The molecule has 0 atom stereocenters. The first kappa shape index (κ1) is 19.1. The zero-order chi connectivity index (χ0) is 19.9. The Morgan fingerprint density at radius 3 is 2.43 bits per heavy atom. The zero-order valence-electron chi connectivity index (χ0n) is 15.5. The Morgan fingerprint density at radius 1 is 1.00 bits per heavy atom. The van der Waals surface area contributed by atoms with Gasteiger partial charge in [-0.3, -0.25) is 10.1 Å². The Morgan fingerprint density at radius 2 is 1.71 bits per heavy atom. The van der Waals surface area contributed by atoms with Crippen molar-refractivity contribution in [1.82, 2.24) is 10.2 Å². The molecule has 2 aromatic carbocycles. The first-order valence-corrected chi connectivity index (χ1v) is 8.55. The van der Waals surface area contributed by atoms with Gasteiger partial charge in [-0.15, -0.1) is 5.10 Å². The van der Waals surface area contributed by atoms with E-state index in [1.165, 1.54) is 0 Å². The maximum atomic E-state index is 11.9. The second-order valence-electron chi connectivity index (χ2n) is 6.10. The third-order valence-corrected chi connectivity index (χ3v) is 3.61. The van der Waals surface area contributed by atoms with Crippen LogP contribution < -0.4 is 10.1 Å². The number of hydrogen-bond donors (Lipinski definition) is 1. The summed E-state index contributed by atoms with van der Waals surface area (Å²) >= 11 is 0. The molecule has 8 nitrogen and oxygen atoms in total. The third kappa shape index (κ3) is 5.41. The van der Waals surface area contributed by atoms with E-state index in [4.69, 9.17) is 13.9 Å². The van der Waals surface area contributed by atoms with Gasteiger partial charge in [0.25, 0.3) is 5.91 Å². The molecule has 0 saturated heterocycles. The molecule has 144 valence electrons. The van der Waals surface area contributed by atoms with Crippen LogP contribution in [-0.2, 0) is 14.3 Å². The van der Waals surface area contributed by atoms with Gasteiger partial charge in [0.05, 0.1) is 0 Å². The number of benzene rings is 2. The van der Waals surface area contributed by atoms with E-state index < -0.39 is 18.5 Å². The van der Waals surface area contributed by atoms with Crippen LogP contribution in [0.4, 0.5) is 6.01 Å². The van der Waals surface area contributed by atoms with Crippen LogP contribution in [0, 0.1) is 13.8 Å². The lowest BCUT2D eigenvalue weighted by Gasteiger charge is -2.08. The van der Waals surface area contributed by atoms with Crippen LogP contribution in [0.1, 0.15) is 11.1 Å². The highest BCUT2D eigenvalue weighted by Gasteiger charge is 2.13. The average Bonchev–Trinajstić information content (AvgIpc) is 3.13. The fraction of sp³-hybridized carbons (Fsp3) is 0.200. The molecule has 3 rings (SSSR count). The molecule has 0 unspecified atom stereocenters. The number of esters is 1. The molecule has 0 aliphatic rings. The molecule has 0 aliphatic carbocycles. The van der Waals surface area contributed by atoms with Crippen LogP contribution in [0.2, 0.25) is 0 Å². The maximum Gasteiger partial charge on any atom is 0.344 e. The molecule has 1 heterocycles. The van der Waals surface area contributed by atoms with Crippen LogP contribution in [0.25, 0.3) is 11.5 Å². The molecule has 3 aromatic rings. The first-order chi connectivity index (χ1) is 13.5. The van der Waals surface area contributed by atoms with Crippen molar-refractivity contribution in [1.29, 1.82) is 0 Å². The van der Waals surface area contributed by atoms with E-state index in [0.29, 0.717) is 5.75 Å². The highest BCUT2D eigenvalue weighted by atomic mass is 16.6. The minimum absolute atomic E-state index is 0.0774. The van der Waals surface area contributed by atoms with Crippen molar-refractivity contribution in [2.24, 2.45) is 0 Å². The van der Waals surface area contributed by atoms with Gasteiger partial charge in [0.15, 0.2) is 13.2 Å². The molecule has 28 heavy (non-hydrogen) atoms. The van der Waals surface area contributed by atoms with Gasteiger partial charge in [0, 0.05) is 5.56 Å². The minimum Gasteiger partial charge on any atom is -0.482 e. The van der Waals surface area contributed by atoms with Crippen molar-refractivity contribution in [2.75, 3.05) is 18.5 Å². The highest BCUT2D eigenvalue weighted by molar-refractivity contribution is 5.91. The third-order valence-electron chi connectivity index (χ3n) is 3.61. The fourth-order valence-corrected chi connectivity index (χ4v) is 2.47. The second-order valence-corrected chi connectivity index (χ2v) is 6.10. The average molecular weight is 381 g/mol. The van der Waals surface area contributed by atoms with E-state index >= 15 is 0 Å². The lowest BCUT2D eigenvalue weighted by molar-refractivity contribution is -0.149. The molecule has 1 amide bonds. The van der Waals surface area contributed by atoms with E-state index in [9.17, 15) is 9.59 Å². The molecule has 1 aromatic heterocycles. The summed E-state index contributed by atoms with van der Waals surface area (Å²) < 4.78 is 15.6. The monoisotopic (exact) mass is 381 g/mol. The van der Waals surface area contributed by atoms with Crippen LogP contribution in [-0.4, -0.2) is 35.3 Å². The number of aromatic nitrogens is 2. The lowest BCUT2D eigenvalue weighted by Crippen LogP contribution is -2.23. The van der Waals surface area contributed by atoms with Crippen LogP contribution in [0.15, 0.2) is 52.9 Å². The summed E-state index contributed by atoms with van der Waals surface area (Å²) in [6.45, 7) is 3.08. The number of carbonyl (C=O) groups is 2. The largest absolute Gasteiger partial charge is 0.482 e. The molecule has 0 spiro atoms. The Hall–Kier alpha value is -3.68. The van der Waals surface area contributed by atoms with Gasteiger partial charge in [-0.05, 0) is 49.2 Å². The molecule has 0 fully saturated rings. The lowest BCUT2D eigenvalue weighted by atomic mass is 10.1. The van der Waals surface area contributed by atoms with Gasteiger partial charge in [0.2, 0.25) is 5.89 Å². The van der Waals surface area contributed by atoms with Gasteiger partial charge in [0.1, 0.15) is 5.75 Å². The SMILES string of the molecule is Cc1cc(C)cc(OCC(=O)OCC(=O)Nc2nnc(-c3ccccc3)o2)c1. The van der Waals surface area contributed by atoms with Crippen molar-refractivity contribution < 1.29 is 23.5 Å². The Bertz CT molecular complexity index is 949. The number of carbonyl (C=O) groups excluding carboxylic acids is 2. The number of amides is 1. The van der Waals surface area contributed by atoms with Crippen molar-refractivity contribution in [3.63, 3.8) is 0 Å². The standard InChI is InChI=1S/C20H19N3O5/c1-13-8-14(2)10-16(9-13)26-12-18(25)27-11-17(24)21-20-23-22-19(28-20)15-6-4-3-5-7-15/h3-10H,11-12H2,1-2H3,(H,21,23,24).